The summed E-state index contributed by atoms with van der Waals surface area (Å²) >= 11 is 17.7. The van der Waals surface area contributed by atoms with E-state index in [1.165, 1.54) is 18.6 Å². The van der Waals surface area contributed by atoms with Crippen molar-refractivity contribution in [3.63, 3.8) is 0 Å². The van der Waals surface area contributed by atoms with Crippen molar-refractivity contribution in [1.82, 2.24) is 89.8 Å². The van der Waals surface area contributed by atoms with Gasteiger partial charge in [0.15, 0.2) is 67.6 Å². The summed E-state index contributed by atoms with van der Waals surface area (Å²) in [6, 6.07) is 18.6. The number of imidazole rings is 3. The average Bonchev–Trinajstić information content (AvgIpc) is 1.63. The SMILES string of the molecule is C.C=C(c1ccc2c(c1)n(CC)c(CNC(=O)c1nc(Cl)cnc1N)[n+]2CC)N1CCC(NC(=O)CN(C)C)CC1.CCn1c(CNC(=O)c2nc(Cl)cnc2N)[n+](CC)c2ccc(C(=O)N3CCC(N(C)C)CC3)cc21.CCn1c(CNC(=O)c2nc(Cl)cnc2N)[n+](CC)c2ccc(C(=O)NCCCN)cc21.[Cl-]. The summed E-state index contributed by atoms with van der Waals surface area (Å²) in [6.07, 6.45) is 8.35. The highest BCUT2D eigenvalue weighted by molar-refractivity contribution is 6.30. The maximum absolute atomic E-state index is 13.3. The van der Waals surface area contributed by atoms with Crippen molar-refractivity contribution >= 4 is 126 Å². The summed E-state index contributed by atoms with van der Waals surface area (Å²) in [7, 11) is 7.97. The number of nitrogens with two attached hydrogens (primary N) is 4. The van der Waals surface area contributed by atoms with Gasteiger partial charge >= 0.3 is 0 Å². The van der Waals surface area contributed by atoms with Crippen molar-refractivity contribution < 1.29 is 54.9 Å². The summed E-state index contributed by atoms with van der Waals surface area (Å²) in [5, 5.41) is 15.0. The molecule has 592 valence electrons. The zero-order valence-corrected chi connectivity index (χ0v) is 66.6. The monoisotopic (exact) mass is 1590 g/mol. The third-order valence-corrected chi connectivity index (χ3v) is 19.9. The number of likely N-dealkylation sites (tertiary alicyclic amines) is 2. The molecule has 0 spiro atoms. The Labute approximate surface area is 662 Å². The Bertz CT molecular complexity index is 4780. The van der Waals surface area contributed by atoms with Crippen LogP contribution in [0, 0.1) is 0 Å². The largest absolute Gasteiger partial charge is 1.00 e. The first-order chi connectivity index (χ1) is 51.8. The second kappa shape index (κ2) is 40.2. The number of carbonyl (C=O) groups is 6. The van der Waals surface area contributed by atoms with E-state index < -0.39 is 17.7 Å². The molecule has 8 heterocycles. The average molecular weight is 1590 g/mol. The van der Waals surface area contributed by atoms with Crippen LogP contribution in [0.15, 0.2) is 79.8 Å². The number of aryl methyl sites for hydroxylation is 6. The molecule has 35 heteroatoms. The van der Waals surface area contributed by atoms with Gasteiger partial charge in [-0.2, -0.15) is 0 Å². The number of fused-ring (bicyclic) bond motifs is 3. The van der Waals surface area contributed by atoms with E-state index in [4.69, 9.17) is 57.7 Å². The van der Waals surface area contributed by atoms with Gasteiger partial charge in [0.05, 0.1) is 64.4 Å². The Morgan fingerprint density at radius 2 is 0.909 bits per heavy atom. The predicted molar refractivity (Wildman–Crippen MR) is 424 cm³/mol. The van der Waals surface area contributed by atoms with E-state index >= 15 is 0 Å². The van der Waals surface area contributed by atoms with Gasteiger partial charge in [0, 0.05) is 79.3 Å². The summed E-state index contributed by atoms with van der Waals surface area (Å²) in [6.45, 7) is 26.3. The van der Waals surface area contributed by atoms with Gasteiger partial charge in [0.1, 0.15) is 35.1 Å². The molecule has 6 amide bonds. The molecule has 9 aromatic rings. The van der Waals surface area contributed by atoms with Crippen LogP contribution < -0.4 is 75.6 Å². The van der Waals surface area contributed by atoms with E-state index in [0.29, 0.717) is 63.0 Å². The number of aromatic nitrogens is 12. The molecular weight excluding hydrogens is 1490 g/mol. The number of hydrogen-bond donors (Lipinski definition) is 9. The molecule has 13 N–H and O–H groups in total. The lowest BCUT2D eigenvalue weighted by Crippen LogP contribution is -3.00. The molecule has 110 heavy (non-hydrogen) atoms. The van der Waals surface area contributed by atoms with Crippen molar-refractivity contribution in [2.45, 2.75) is 152 Å². The highest BCUT2D eigenvalue weighted by Crippen LogP contribution is 2.28. The molecule has 2 aliphatic rings. The smallest absolute Gasteiger partial charge is 0.277 e. The van der Waals surface area contributed by atoms with Crippen molar-refractivity contribution in [2.75, 3.05) is 91.2 Å². The molecule has 0 atom stereocenters. The van der Waals surface area contributed by atoms with E-state index in [1.54, 1.807) is 6.07 Å². The van der Waals surface area contributed by atoms with Gasteiger partial charge in [-0.3, -0.25) is 28.8 Å². The number of nitrogens with one attached hydrogen (secondary N) is 5. The lowest BCUT2D eigenvalue weighted by atomic mass is 10.0. The zero-order chi connectivity index (χ0) is 78.2. The van der Waals surface area contributed by atoms with E-state index in [9.17, 15) is 28.8 Å². The number of piperidine rings is 2. The van der Waals surface area contributed by atoms with Gasteiger partial charge in [-0.1, -0.05) is 48.8 Å². The van der Waals surface area contributed by atoms with Gasteiger partial charge in [-0.05, 0) is 151 Å². The molecule has 0 aliphatic carbocycles. The number of halogens is 4. The number of nitrogens with zero attached hydrogens (tertiary/aromatic N) is 16. The molecule has 3 aromatic carbocycles. The Balaban J connectivity index is 0.000000229. The van der Waals surface area contributed by atoms with Gasteiger partial charge in [-0.25, -0.2) is 57.3 Å². The van der Waals surface area contributed by atoms with Crippen molar-refractivity contribution in [3.05, 3.63) is 146 Å². The number of benzene rings is 3. The molecular formula is C75H105Cl4N25O6+2. The van der Waals surface area contributed by atoms with Gasteiger partial charge in [0.25, 0.3) is 47.0 Å². The maximum atomic E-state index is 13.3. The van der Waals surface area contributed by atoms with Gasteiger partial charge in [0.2, 0.25) is 5.91 Å². The molecule has 2 fully saturated rings. The molecule has 11 rings (SSSR count). The Morgan fingerprint density at radius 1 is 0.536 bits per heavy atom. The predicted octanol–water partition coefficient (Wildman–Crippen LogP) is 2.77. The minimum atomic E-state index is -0.465. The highest BCUT2D eigenvalue weighted by Gasteiger charge is 2.32. The van der Waals surface area contributed by atoms with Crippen LogP contribution in [-0.2, 0) is 63.7 Å². The number of likely N-dealkylation sites (N-methyl/N-ethyl adjacent to an activating group) is 1. The van der Waals surface area contributed by atoms with E-state index in [-0.39, 0.29) is 113 Å². The topological polar surface area (TPSA) is 383 Å². The quantitative estimate of drug-likeness (QED) is 0.0278. The first-order valence-electron chi connectivity index (χ1n) is 36.4. The first-order valence-corrected chi connectivity index (χ1v) is 37.6. The normalized spacial score (nSPS) is 13.1. The number of nitrogen functional groups attached to an aromatic ring is 3. The fraction of sp³-hybridized carbons (Fsp3) is 0.453. The second-order valence-electron chi connectivity index (χ2n) is 26.6. The third kappa shape index (κ3) is 20.6. The Hall–Kier alpha value is -9.89. The molecule has 6 aromatic heterocycles. The van der Waals surface area contributed by atoms with Crippen LogP contribution in [0.2, 0.25) is 15.5 Å². The second-order valence-corrected chi connectivity index (χ2v) is 27.7. The van der Waals surface area contributed by atoms with Crippen molar-refractivity contribution in [1.29, 1.82) is 0 Å². The summed E-state index contributed by atoms with van der Waals surface area (Å²) in [5.74, 6) is 1.45. The van der Waals surface area contributed by atoms with Crippen LogP contribution >= 0.6 is 34.8 Å². The van der Waals surface area contributed by atoms with Crippen molar-refractivity contribution in [3.8, 4) is 0 Å². The third-order valence-electron chi connectivity index (χ3n) is 19.3. The number of amides is 6. The zero-order valence-electron chi connectivity index (χ0n) is 63.6. The minimum absolute atomic E-state index is 0. The van der Waals surface area contributed by atoms with Crippen LogP contribution in [0.25, 0.3) is 38.8 Å². The van der Waals surface area contributed by atoms with Crippen LogP contribution in [0.4, 0.5) is 17.5 Å². The van der Waals surface area contributed by atoms with E-state index in [1.807, 2.05) is 75.0 Å². The molecule has 31 nitrogen and oxygen atoms in total. The molecule has 0 radical (unpaired) electrons. The van der Waals surface area contributed by atoms with Crippen LogP contribution in [0.3, 0.4) is 0 Å². The van der Waals surface area contributed by atoms with E-state index in [0.717, 1.165) is 133 Å². The van der Waals surface area contributed by atoms with E-state index in [2.05, 4.69) is 153 Å². The van der Waals surface area contributed by atoms with Gasteiger partial charge in [-0.15, -0.1) is 0 Å². The number of rotatable bonds is 26. The van der Waals surface area contributed by atoms with Crippen LogP contribution in [-0.4, -0.2) is 185 Å². The summed E-state index contributed by atoms with van der Waals surface area (Å²) in [5.41, 5.74) is 32.2. The summed E-state index contributed by atoms with van der Waals surface area (Å²) in [4.78, 5) is 108. The molecule has 0 unspecified atom stereocenters. The Morgan fingerprint density at radius 3 is 1.28 bits per heavy atom. The fourth-order valence-corrected chi connectivity index (χ4v) is 14.3. The number of anilines is 3. The lowest BCUT2D eigenvalue weighted by Gasteiger charge is -2.35. The van der Waals surface area contributed by atoms with Crippen LogP contribution in [0.5, 0.6) is 0 Å². The molecule has 0 bridgehead atoms. The van der Waals surface area contributed by atoms with Crippen molar-refractivity contribution in [2.24, 2.45) is 5.73 Å². The standard InChI is InChI=1S/C28H38ClN9O2.C25H33ClN8O2.C21H27ClN8O2.CH4.ClH/c1-6-37-21-9-8-19(18(3)36-12-10-20(11-13-36)33-24(39)17-35(4)5)14-22(21)38(7-2)25(37)16-32-28(40)26-27(30)31-15-23(29)34-26;1-5-33-18-8-7-16(25(36)32-11-9-17(10-12-32)31(3)4)13-19(18)34(6-2)21(33)15-29-24(35)22-23(27)28-14-20(26)30-22;1-3-29-14-7-6-13(20(31)25-9-5-8-23)10-15(14)30(4-2)17(29)12-27-21(32)18-19(24)26-11-16(22)28-18;;/h8-9,14-15,20H,3,6-7,10-13,16-17H2,1-2,4-5H3,(H3-,30,31,32,33,39,40);7-8,13-14,17H,5-6,9-12,15H2,1-4H3,(H2-,27,28,29,35);6-7,10-11H,3-5,8-9,12,23H2,1-2H3,(H3-,24,25,26,27,31,32);1H4;1H/p+2. The maximum Gasteiger partial charge on any atom is 0.277 e. The lowest BCUT2D eigenvalue weighted by molar-refractivity contribution is -0.676. The number of carbonyl (C=O) groups excluding carboxylic acids is 6. The highest BCUT2D eigenvalue weighted by atomic mass is 35.5. The molecule has 2 saturated heterocycles. The fourth-order valence-electron chi connectivity index (χ4n) is 13.9. The summed E-state index contributed by atoms with van der Waals surface area (Å²) < 4.78 is 12.8. The van der Waals surface area contributed by atoms with Gasteiger partial charge < -0.3 is 81.5 Å². The first kappa shape index (κ1) is 87.3. The van der Waals surface area contributed by atoms with Crippen LogP contribution in [0.1, 0.15) is 156 Å². The Kier molecular flexibility index (Phi) is 31.9. The number of hydrogen-bond acceptors (Lipinski definition) is 19. The molecule has 0 saturated carbocycles. The molecule has 2 aliphatic heterocycles. The minimum Gasteiger partial charge on any atom is -1.00 e.